The second-order valence-corrected chi connectivity index (χ2v) is 4.87. The zero-order chi connectivity index (χ0) is 11.2. The van der Waals surface area contributed by atoms with Gasteiger partial charge in [-0.3, -0.25) is 4.79 Å². The van der Waals surface area contributed by atoms with E-state index in [2.05, 4.69) is 9.97 Å². The van der Waals surface area contributed by atoms with Crippen molar-refractivity contribution in [3.8, 4) is 5.88 Å². The van der Waals surface area contributed by atoms with Gasteiger partial charge >= 0.3 is 0 Å². The van der Waals surface area contributed by atoms with Gasteiger partial charge in [-0.05, 0) is 18.8 Å². The van der Waals surface area contributed by atoms with Crippen LogP contribution in [0, 0.1) is 0 Å². The maximum atomic E-state index is 11.7. The Bertz CT molecular complexity index is 444. The van der Waals surface area contributed by atoms with E-state index >= 15 is 0 Å². The molecule has 0 amide bonds. The van der Waals surface area contributed by atoms with Gasteiger partial charge in [-0.1, -0.05) is 20.8 Å². The molecule has 1 aliphatic carbocycles. The highest BCUT2D eigenvalue weighted by Gasteiger charge is 2.42. The zero-order valence-corrected chi connectivity index (χ0v) is 9.29. The number of H-pyrrole nitrogens is 1. The molecule has 0 unspecified atom stereocenters. The van der Waals surface area contributed by atoms with Crippen molar-refractivity contribution in [2.24, 2.45) is 0 Å². The molecular formula is C11H16N2O2. The van der Waals surface area contributed by atoms with Gasteiger partial charge in [0, 0.05) is 5.41 Å². The monoisotopic (exact) mass is 208 g/mol. The van der Waals surface area contributed by atoms with Crippen LogP contribution >= 0.6 is 0 Å². The van der Waals surface area contributed by atoms with Crippen molar-refractivity contribution in [2.45, 2.75) is 44.9 Å². The molecule has 1 heterocycles. The quantitative estimate of drug-likeness (QED) is 0.776. The Hall–Kier alpha value is -1.32. The SMILES string of the molecule is CC(C)c1c(O)nc(C2(C)CC2)[nH]c1=O. The van der Waals surface area contributed by atoms with Crippen LogP contribution in [0.15, 0.2) is 4.79 Å². The third kappa shape index (κ3) is 1.64. The minimum atomic E-state index is -0.208. The molecule has 2 N–H and O–H groups in total. The third-order valence-corrected chi connectivity index (χ3v) is 3.08. The van der Waals surface area contributed by atoms with Gasteiger partial charge in [0.05, 0.1) is 5.56 Å². The van der Waals surface area contributed by atoms with Crippen LogP contribution in [0.4, 0.5) is 0 Å². The minimum absolute atomic E-state index is 0.0118. The Kier molecular flexibility index (Phi) is 2.10. The molecule has 1 saturated carbocycles. The van der Waals surface area contributed by atoms with Crippen LogP contribution in [0.5, 0.6) is 5.88 Å². The lowest BCUT2D eigenvalue weighted by molar-refractivity contribution is 0.432. The van der Waals surface area contributed by atoms with E-state index in [9.17, 15) is 9.90 Å². The van der Waals surface area contributed by atoms with E-state index < -0.39 is 0 Å². The zero-order valence-electron chi connectivity index (χ0n) is 9.29. The fraction of sp³-hybridized carbons (Fsp3) is 0.636. The molecule has 1 fully saturated rings. The van der Waals surface area contributed by atoms with Crippen molar-refractivity contribution in [3.63, 3.8) is 0 Å². The van der Waals surface area contributed by atoms with Crippen molar-refractivity contribution >= 4 is 0 Å². The molecule has 0 bridgehead atoms. The first-order valence-electron chi connectivity index (χ1n) is 5.28. The number of rotatable bonds is 2. The van der Waals surface area contributed by atoms with Gasteiger partial charge < -0.3 is 10.1 Å². The number of aromatic hydroxyl groups is 1. The fourth-order valence-corrected chi connectivity index (χ4v) is 1.70. The van der Waals surface area contributed by atoms with Crippen LogP contribution < -0.4 is 5.56 Å². The Morgan fingerprint density at radius 3 is 2.47 bits per heavy atom. The first kappa shape index (κ1) is 10.2. The lowest BCUT2D eigenvalue weighted by Crippen LogP contribution is -2.21. The minimum Gasteiger partial charge on any atom is -0.493 e. The van der Waals surface area contributed by atoms with E-state index in [1.807, 2.05) is 20.8 Å². The van der Waals surface area contributed by atoms with Crippen LogP contribution in [0.25, 0.3) is 0 Å². The second-order valence-electron chi connectivity index (χ2n) is 4.87. The Morgan fingerprint density at radius 1 is 1.47 bits per heavy atom. The smallest absolute Gasteiger partial charge is 0.258 e. The average molecular weight is 208 g/mol. The van der Waals surface area contributed by atoms with Crippen LogP contribution in [-0.4, -0.2) is 15.1 Å². The van der Waals surface area contributed by atoms with Crippen molar-refractivity contribution in [3.05, 3.63) is 21.7 Å². The molecule has 1 aromatic heterocycles. The molecule has 0 atom stereocenters. The Balaban J connectivity index is 2.53. The number of aromatic nitrogens is 2. The maximum absolute atomic E-state index is 11.7. The molecule has 82 valence electrons. The topological polar surface area (TPSA) is 66.0 Å². The van der Waals surface area contributed by atoms with Crippen molar-refractivity contribution in [2.75, 3.05) is 0 Å². The summed E-state index contributed by atoms with van der Waals surface area (Å²) in [5, 5.41) is 9.70. The first-order chi connectivity index (χ1) is 6.94. The van der Waals surface area contributed by atoms with E-state index in [0.717, 1.165) is 12.8 Å². The first-order valence-corrected chi connectivity index (χ1v) is 5.28. The Labute approximate surface area is 88.4 Å². The molecule has 4 nitrogen and oxygen atoms in total. The van der Waals surface area contributed by atoms with Crippen molar-refractivity contribution < 1.29 is 5.11 Å². The number of hydrogen-bond acceptors (Lipinski definition) is 3. The normalized spacial score (nSPS) is 18.1. The molecule has 1 aliphatic rings. The average Bonchev–Trinajstić information content (AvgIpc) is 2.82. The molecule has 0 aromatic carbocycles. The molecule has 0 saturated heterocycles. The lowest BCUT2D eigenvalue weighted by atomic mass is 10.1. The highest BCUT2D eigenvalue weighted by molar-refractivity contribution is 5.28. The summed E-state index contributed by atoms with van der Waals surface area (Å²) < 4.78 is 0. The summed E-state index contributed by atoms with van der Waals surface area (Å²) in [4.78, 5) is 18.6. The highest BCUT2D eigenvalue weighted by Crippen LogP contribution is 2.46. The molecule has 4 heteroatoms. The Morgan fingerprint density at radius 2 is 2.07 bits per heavy atom. The summed E-state index contributed by atoms with van der Waals surface area (Å²) in [6.07, 6.45) is 2.05. The molecule has 15 heavy (non-hydrogen) atoms. The lowest BCUT2D eigenvalue weighted by Gasteiger charge is -2.11. The molecule has 2 rings (SSSR count). The number of aromatic amines is 1. The van der Waals surface area contributed by atoms with Crippen molar-refractivity contribution in [1.29, 1.82) is 0 Å². The van der Waals surface area contributed by atoms with Gasteiger partial charge in [-0.2, -0.15) is 4.98 Å². The summed E-state index contributed by atoms with van der Waals surface area (Å²) in [7, 11) is 0. The highest BCUT2D eigenvalue weighted by atomic mass is 16.3. The van der Waals surface area contributed by atoms with Crippen LogP contribution in [0.1, 0.15) is 50.9 Å². The van der Waals surface area contributed by atoms with Gasteiger partial charge in [0.25, 0.3) is 5.56 Å². The van der Waals surface area contributed by atoms with Crippen LogP contribution in [-0.2, 0) is 5.41 Å². The molecule has 0 radical (unpaired) electrons. The molecule has 0 spiro atoms. The van der Waals surface area contributed by atoms with Crippen LogP contribution in [0.2, 0.25) is 0 Å². The van der Waals surface area contributed by atoms with Crippen LogP contribution in [0.3, 0.4) is 0 Å². The predicted molar refractivity (Wildman–Crippen MR) is 57.2 cm³/mol. The number of hydrogen-bond donors (Lipinski definition) is 2. The van der Waals surface area contributed by atoms with Gasteiger partial charge in [-0.15, -0.1) is 0 Å². The summed E-state index contributed by atoms with van der Waals surface area (Å²) >= 11 is 0. The third-order valence-electron chi connectivity index (χ3n) is 3.08. The molecule has 1 aromatic rings. The van der Waals surface area contributed by atoms with E-state index in [1.165, 1.54) is 0 Å². The van der Waals surface area contributed by atoms with Gasteiger partial charge in [0.2, 0.25) is 5.88 Å². The predicted octanol–water partition coefficient (Wildman–Crippen LogP) is 1.65. The van der Waals surface area contributed by atoms with E-state index in [1.54, 1.807) is 0 Å². The second kappa shape index (κ2) is 3.08. The van der Waals surface area contributed by atoms with E-state index in [0.29, 0.717) is 11.4 Å². The van der Waals surface area contributed by atoms with Gasteiger partial charge in [0.1, 0.15) is 5.82 Å². The number of nitrogens with zero attached hydrogens (tertiary/aromatic N) is 1. The van der Waals surface area contributed by atoms with E-state index in [4.69, 9.17) is 0 Å². The van der Waals surface area contributed by atoms with E-state index in [-0.39, 0.29) is 22.8 Å². The molecular weight excluding hydrogens is 192 g/mol. The summed E-state index contributed by atoms with van der Waals surface area (Å²) in [5.41, 5.74) is 0.148. The fourth-order valence-electron chi connectivity index (χ4n) is 1.70. The van der Waals surface area contributed by atoms with Gasteiger partial charge in [-0.25, -0.2) is 0 Å². The van der Waals surface area contributed by atoms with Gasteiger partial charge in [0.15, 0.2) is 0 Å². The standard InChI is InChI=1S/C11H16N2O2/c1-6(2)7-8(14)12-10(13-9(7)15)11(3)4-5-11/h6H,4-5H2,1-3H3,(H2,12,13,14,15). The van der Waals surface area contributed by atoms with Crippen molar-refractivity contribution in [1.82, 2.24) is 9.97 Å². The maximum Gasteiger partial charge on any atom is 0.258 e. The summed E-state index contributed by atoms with van der Waals surface area (Å²) in [5.74, 6) is 0.494. The largest absolute Gasteiger partial charge is 0.493 e. The summed E-state index contributed by atoms with van der Waals surface area (Å²) in [6, 6.07) is 0. The number of nitrogens with one attached hydrogen (secondary N) is 1. The summed E-state index contributed by atoms with van der Waals surface area (Å²) in [6.45, 7) is 5.77. The molecule has 0 aliphatic heterocycles.